The van der Waals surface area contributed by atoms with Crippen molar-refractivity contribution in [2.45, 2.75) is 63.6 Å². The number of aromatic nitrogens is 4. The van der Waals surface area contributed by atoms with E-state index in [9.17, 15) is 29.7 Å². The van der Waals surface area contributed by atoms with Crippen molar-refractivity contribution in [3.05, 3.63) is 16.7 Å². The SMILES string of the molecule is CCCC(=O)n1c(N)nc2c(ncn2[C@]2(C(=O)CCC)O[C@H](CO)[C@@H](O)[C@H]2O)c1=O. The molecule has 2 aromatic rings. The number of hydrogen-bond acceptors (Lipinski definition) is 10. The molecule has 4 atom stereocenters. The second kappa shape index (κ2) is 8.22. The molecule has 3 rings (SSSR count). The maximum Gasteiger partial charge on any atom is 0.289 e. The molecule has 5 N–H and O–H groups in total. The highest BCUT2D eigenvalue weighted by atomic mass is 16.6. The number of fused-ring (bicyclic) bond motifs is 1. The van der Waals surface area contributed by atoms with E-state index in [1.807, 2.05) is 0 Å². The fourth-order valence-electron chi connectivity index (χ4n) is 3.70. The number of Topliss-reactive ketones (excluding diaryl/α,β-unsaturated/α-hetero) is 1. The predicted octanol–water partition coefficient (Wildman–Crippen LogP) is -1.25. The lowest BCUT2D eigenvalue weighted by molar-refractivity contribution is -0.174. The molecule has 164 valence electrons. The first-order valence-electron chi connectivity index (χ1n) is 9.71. The summed E-state index contributed by atoms with van der Waals surface area (Å²) >= 11 is 0. The number of hydrogen-bond donors (Lipinski definition) is 4. The lowest BCUT2D eigenvalue weighted by Crippen LogP contribution is -2.51. The first kappa shape index (κ1) is 22.0. The molecule has 3 heterocycles. The van der Waals surface area contributed by atoms with Gasteiger partial charge in [-0.05, 0) is 12.8 Å². The highest BCUT2D eigenvalue weighted by Crippen LogP contribution is 2.39. The van der Waals surface area contributed by atoms with Crippen LogP contribution in [0.5, 0.6) is 0 Å². The van der Waals surface area contributed by atoms with E-state index >= 15 is 0 Å². The van der Waals surface area contributed by atoms with Crippen LogP contribution in [0.15, 0.2) is 11.1 Å². The molecule has 0 spiro atoms. The summed E-state index contributed by atoms with van der Waals surface area (Å²) in [5.41, 5.74) is 2.43. The Morgan fingerprint density at radius 2 is 1.93 bits per heavy atom. The number of carbonyl (C=O) groups is 2. The van der Waals surface area contributed by atoms with Crippen molar-refractivity contribution in [1.29, 1.82) is 0 Å². The molecule has 1 aliphatic rings. The van der Waals surface area contributed by atoms with Gasteiger partial charge >= 0.3 is 0 Å². The Balaban J connectivity index is 2.26. The number of ketones is 1. The maximum absolute atomic E-state index is 13.0. The summed E-state index contributed by atoms with van der Waals surface area (Å²) in [6.07, 6.45) is -2.57. The van der Waals surface area contributed by atoms with E-state index in [0.29, 0.717) is 17.4 Å². The van der Waals surface area contributed by atoms with Gasteiger partial charge < -0.3 is 25.8 Å². The van der Waals surface area contributed by atoms with Crippen LogP contribution in [0.4, 0.5) is 5.95 Å². The van der Waals surface area contributed by atoms with Gasteiger partial charge in [-0.15, -0.1) is 0 Å². The topological polar surface area (TPSA) is 183 Å². The minimum Gasteiger partial charge on any atom is -0.394 e. The summed E-state index contributed by atoms with van der Waals surface area (Å²) in [7, 11) is 0. The number of nitrogens with zero attached hydrogens (tertiary/aromatic N) is 4. The van der Waals surface area contributed by atoms with Crippen LogP contribution in [-0.4, -0.2) is 71.0 Å². The fourth-order valence-corrected chi connectivity index (χ4v) is 3.70. The third-order valence-electron chi connectivity index (χ3n) is 5.16. The molecule has 0 aromatic carbocycles. The summed E-state index contributed by atoms with van der Waals surface area (Å²) < 4.78 is 7.40. The highest BCUT2D eigenvalue weighted by Gasteiger charge is 2.60. The zero-order valence-corrected chi connectivity index (χ0v) is 16.7. The standard InChI is InChI=1S/C18H25N5O7/c1-3-5-10(25)18(14(28)13(27)9(7-24)30-18)22-8-20-12-15(22)21-17(19)23(16(12)29)11(26)6-4-2/h8-9,13-14,24,27-28H,3-7H2,1-2H3,(H2,19,21)/t9-,13-,14-,18-/m1/s1. The molecular weight excluding hydrogens is 398 g/mol. The Kier molecular flexibility index (Phi) is 6.04. The average Bonchev–Trinajstić information content (AvgIpc) is 3.23. The van der Waals surface area contributed by atoms with Crippen LogP contribution in [0.3, 0.4) is 0 Å². The molecule has 0 bridgehead atoms. The van der Waals surface area contributed by atoms with Gasteiger partial charge in [0.2, 0.25) is 17.6 Å². The highest BCUT2D eigenvalue weighted by molar-refractivity contribution is 5.89. The van der Waals surface area contributed by atoms with Gasteiger partial charge in [0, 0.05) is 12.8 Å². The molecule has 0 unspecified atom stereocenters. The molecular formula is C18H25N5O7. The zero-order chi connectivity index (χ0) is 22.2. The lowest BCUT2D eigenvalue weighted by atomic mass is 9.95. The maximum atomic E-state index is 13.0. The van der Waals surface area contributed by atoms with Crippen molar-refractivity contribution in [2.75, 3.05) is 12.3 Å². The van der Waals surface area contributed by atoms with Crippen molar-refractivity contribution >= 4 is 28.8 Å². The normalized spacial score (nSPS) is 26.4. The van der Waals surface area contributed by atoms with Crippen molar-refractivity contribution in [3.63, 3.8) is 0 Å². The molecule has 12 nitrogen and oxygen atoms in total. The molecule has 0 aliphatic carbocycles. The molecule has 12 heteroatoms. The van der Waals surface area contributed by atoms with E-state index in [2.05, 4.69) is 9.97 Å². The Labute approximate surface area is 170 Å². The van der Waals surface area contributed by atoms with Gasteiger partial charge in [0.25, 0.3) is 5.56 Å². The van der Waals surface area contributed by atoms with Gasteiger partial charge in [-0.1, -0.05) is 13.8 Å². The van der Waals surface area contributed by atoms with Gasteiger partial charge in [0.05, 0.1) is 6.61 Å². The van der Waals surface area contributed by atoms with E-state index in [1.165, 1.54) is 0 Å². The number of anilines is 1. The van der Waals surface area contributed by atoms with E-state index in [4.69, 9.17) is 10.5 Å². The van der Waals surface area contributed by atoms with Crippen LogP contribution >= 0.6 is 0 Å². The Morgan fingerprint density at radius 1 is 1.27 bits per heavy atom. The molecule has 0 amide bonds. The minimum atomic E-state index is -2.16. The van der Waals surface area contributed by atoms with E-state index < -0.39 is 53.8 Å². The van der Waals surface area contributed by atoms with Gasteiger partial charge in [-0.2, -0.15) is 4.98 Å². The monoisotopic (exact) mass is 423 g/mol. The number of carbonyl (C=O) groups excluding carboxylic acids is 2. The second-order valence-electron chi connectivity index (χ2n) is 7.19. The number of rotatable bonds is 7. The van der Waals surface area contributed by atoms with E-state index in [0.717, 1.165) is 10.9 Å². The van der Waals surface area contributed by atoms with Crippen LogP contribution in [0.25, 0.3) is 11.2 Å². The summed E-state index contributed by atoms with van der Waals surface area (Å²) in [5.74, 6) is -1.55. The Morgan fingerprint density at radius 3 is 2.50 bits per heavy atom. The van der Waals surface area contributed by atoms with E-state index in [1.54, 1.807) is 13.8 Å². The molecule has 1 saturated heterocycles. The van der Waals surface area contributed by atoms with Crippen LogP contribution in [0.1, 0.15) is 44.3 Å². The lowest BCUT2D eigenvalue weighted by Gasteiger charge is -2.32. The van der Waals surface area contributed by atoms with Crippen LogP contribution in [0.2, 0.25) is 0 Å². The third-order valence-corrected chi connectivity index (χ3v) is 5.16. The van der Waals surface area contributed by atoms with Gasteiger partial charge in [-0.3, -0.25) is 19.0 Å². The number of nitrogen functional groups attached to an aromatic ring is 1. The summed E-state index contributed by atoms with van der Waals surface area (Å²) in [4.78, 5) is 46.2. The predicted molar refractivity (Wildman–Crippen MR) is 104 cm³/mol. The van der Waals surface area contributed by atoms with Crippen molar-refractivity contribution in [2.24, 2.45) is 0 Å². The van der Waals surface area contributed by atoms with Gasteiger partial charge in [0.1, 0.15) is 24.6 Å². The first-order chi connectivity index (χ1) is 14.2. The van der Waals surface area contributed by atoms with Crippen LogP contribution in [0, 0.1) is 0 Å². The number of imidazole rings is 1. The van der Waals surface area contributed by atoms with Gasteiger partial charge in [0.15, 0.2) is 16.9 Å². The number of aliphatic hydroxyl groups excluding tert-OH is 3. The van der Waals surface area contributed by atoms with Crippen molar-refractivity contribution < 1.29 is 29.6 Å². The average molecular weight is 423 g/mol. The summed E-state index contributed by atoms with van der Waals surface area (Å²) in [5, 5.41) is 30.5. The molecule has 0 radical (unpaired) electrons. The molecule has 30 heavy (non-hydrogen) atoms. The molecule has 2 aromatic heterocycles. The largest absolute Gasteiger partial charge is 0.394 e. The molecule has 1 aliphatic heterocycles. The van der Waals surface area contributed by atoms with Crippen molar-refractivity contribution in [3.8, 4) is 0 Å². The van der Waals surface area contributed by atoms with Crippen LogP contribution < -0.4 is 11.3 Å². The van der Waals surface area contributed by atoms with Crippen LogP contribution in [-0.2, 0) is 15.3 Å². The zero-order valence-electron chi connectivity index (χ0n) is 16.7. The van der Waals surface area contributed by atoms with Crippen molar-refractivity contribution in [1.82, 2.24) is 19.1 Å². The van der Waals surface area contributed by atoms with E-state index in [-0.39, 0.29) is 24.0 Å². The first-order valence-corrected chi connectivity index (χ1v) is 9.71. The number of nitrogens with two attached hydrogens (primary N) is 1. The summed E-state index contributed by atoms with van der Waals surface area (Å²) in [6.45, 7) is 2.86. The quantitative estimate of drug-likeness (QED) is 0.420. The molecule has 0 saturated carbocycles. The van der Waals surface area contributed by atoms with Gasteiger partial charge in [-0.25, -0.2) is 9.55 Å². The fraction of sp³-hybridized carbons (Fsp3) is 0.611. The smallest absolute Gasteiger partial charge is 0.289 e. The number of aliphatic hydroxyl groups is 3. The summed E-state index contributed by atoms with van der Waals surface area (Å²) in [6, 6.07) is 0. The third kappa shape index (κ3) is 3.12. The Bertz CT molecular complexity index is 1030. The molecule has 1 fully saturated rings. The Hall–Kier alpha value is -2.67. The number of ether oxygens (including phenoxy) is 1. The minimum absolute atomic E-state index is 0.0247. The second-order valence-corrected chi connectivity index (χ2v) is 7.19.